The summed E-state index contributed by atoms with van der Waals surface area (Å²) in [6.45, 7) is 1.99. The van der Waals surface area contributed by atoms with Crippen molar-refractivity contribution < 1.29 is 9.50 Å². The van der Waals surface area contributed by atoms with Gasteiger partial charge in [-0.25, -0.2) is 0 Å². The lowest BCUT2D eigenvalue weighted by molar-refractivity contribution is 0.475. The molecule has 0 atom stereocenters. The van der Waals surface area contributed by atoms with Crippen molar-refractivity contribution in [2.45, 2.75) is 6.92 Å². The van der Waals surface area contributed by atoms with Gasteiger partial charge in [0.15, 0.2) is 0 Å². The van der Waals surface area contributed by atoms with E-state index in [4.69, 9.17) is 5.11 Å². The van der Waals surface area contributed by atoms with Gasteiger partial charge in [0.2, 0.25) is 0 Å². The zero-order valence-electron chi connectivity index (χ0n) is 6.13. The van der Waals surface area contributed by atoms with Crippen LogP contribution in [0.15, 0.2) is 24.3 Å². The number of alkyl halides is 1. The molecule has 0 aliphatic heterocycles. The van der Waals surface area contributed by atoms with E-state index in [0.29, 0.717) is 12.9 Å². The molecule has 0 radical (unpaired) electrons. The van der Waals surface area contributed by atoms with Crippen LogP contribution < -0.4 is 0 Å². The van der Waals surface area contributed by atoms with E-state index in [1.807, 2.05) is 19.1 Å². The topological polar surface area (TPSA) is 20.2 Å². The summed E-state index contributed by atoms with van der Waals surface area (Å²) in [5, 5.41) is 8.76. The van der Waals surface area contributed by atoms with Gasteiger partial charge >= 0.3 is 0 Å². The summed E-state index contributed by atoms with van der Waals surface area (Å²) in [7, 11) is 0.500. The van der Waals surface area contributed by atoms with E-state index >= 15 is 0 Å². The zero-order valence-corrected chi connectivity index (χ0v) is 6.13. The van der Waals surface area contributed by atoms with E-state index in [9.17, 15) is 4.39 Å². The maximum absolute atomic E-state index is 9.50. The Balaban J connectivity index is 0.000000371. The lowest BCUT2D eigenvalue weighted by Gasteiger charge is -1.89. The Morgan fingerprint density at radius 1 is 1.10 bits per heavy atom. The van der Waals surface area contributed by atoms with Crippen molar-refractivity contribution in [1.82, 2.24) is 0 Å². The molecule has 2 heteroatoms. The van der Waals surface area contributed by atoms with E-state index in [0.717, 1.165) is 0 Å². The second-order valence-electron chi connectivity index (χ2n) is 1.84. The third kappa shape index (κ3) is 3.07. The normalized spacial score (nSPS) is 7.90. The first kappa shape index (κ1) is 8.95. The van der Waals surface area contributed by atoms with Gasteiger partial charge in [0.25, 0.3) is 0 Å². The predicted octanol–water partition coefficient (Wildman–Crippen LogP) is 2.29. The fourth-order valence-corrected chi connectivity index (χ4v) is 0.545. The van der Waals surface area contributed by atoms with Gasteiger partial charge in [0, 0.05) is 0 Å². The maximum atomic E-state index is 9.50. The molecule has 10 heavy (non-hydrogen) atoms. The summed E-state index contributed by atoms with van der Waals surface area (Å²) >= 11 is 0. The van der Waals surface area contributed by atoms with Crippen molar-refractivity contribution in [3.63, 3.8) is 0 Å². The third-order valence-corrected chi connectivity index (χ3v) is 1.03. The standard InChI is InChI=1S/C7H8O.CH3F/c1-6-2-4-7(8)5-3-6;1-2/h2-5,8H,1H3;1H3. The molecule has 1 N–H and O–H groups in total. The summed E-state index contributed by atoms with van der Waals surface area (Å²) in [4.78, 5) is 0. The van der Waals surface area contributed by atoms with Crippen LogP contribution in [0.25, 0.3) is 0 Å². The molecule has 0 unspecified atom stereocenters. The average molecular weight is 142 g/mol. The van der Waals surface area contributed by atoms with E-state index in [-0.39, 0.29) is 0 Å². The second kappa shape index (κ2) is 4.79. The van der Waals surface area contributed by atoms with Crippen LogP contribution in [0.3, 0.4) is 0 Å². The molecule has 1 aromatic rings. The van der Waals surface area contributed by atoms with Crippen LogP contribution in [0.4, 0.5) is 4.39 Å². The SMILES string of the molecule is CF.Cc1ccc(O)cc1. The van der Waals surface area contributed by atoms with Gasteiger partial charge in [-0.15, -0.1) is 0 Å². The van der Waals surface area contributed by atoms with Gasteiger partial charge in [0.1, 0.15) is 5.75 Å². The highest BCUT2D eigenvalue weighted by atomic mass is 19.1. The number of phenols is 1. The Bertz CT molecular complexity index is 148. The first-order valence-corrected chi connectivity index (χ1v) is 2.92. The van der Waals surface area contributed by atoms with Crippen molar-refractivity contribution in [2.24, 2.45) is 0 Å². The van der Waals surface area contributed by atoms with Crippen molar-refractivity contribution in [1.29, 1.82) is 0 Å². The number of rotatable bonds is 0. The zero-order chi connectivity index (χ0) is 7.98. The molecule has 0 saturated heterocycles. The Kier molecular flexibility index (Phi) is 4.29. The highest BCUT2D eigenvalue weighted by Crippen LogP contribution is 2.07. The van der Waals surface area contributed by atoms with Crippen LogP contribution in [0.2, 0.25) is 0 Å². The van der Waals surface area contributed by atoms with Crippen LogP contribution in [0, 0.1) is 6.92 Å². The van der Waals surface area contributed by atoms with Gasteiger partial charge in [-0.3, -0.25) is 4.39 Å². The number of phenolic OH excluding ortho intramolecular Hbond substituents is 1. The molecule has 0 aliphatic carbocycles. The molecule has 1 nitrogen and oxygen atoms in total. The molecule has 56 valence electrons. The van der Waals surface area contributed by atoms with E-state index in [1.54, 1.807) is 12.1 Å². The smallest absolute Gasteiger partial charge is 0.115 e. The molecule has 0 aliphatic rings. The molecule has 0 saturated carbocycles. The number of halogens is 1. The first-order chi connectivity index (χ1) is 4.79. The second-order valence-corrected chi connectivity index (χ2v) is 1.84. The highest BCUT2D eigenvalue weighted by Gasteiger charge is 1.82. The summed E-state index contributed by atoms with van der Waals surface area (Å²) in [6, 6.07) is 7.09. The summed E-state index contributed by atoms with van der Waals surface area (Å²) in [5.41, 5.74) is 1.17. The van der Waals surface area contributed by atoms with Gasteiger partial charge < -0.3 is 5.11 Å². The maximum Gasteiger partial charge on any atom is 0.115 e. The van der Waals surface area contributed by atoms with Gasteiger partial charge in [-0.2, -0.15) is 0 Å². The molecule has 0 fully saturated rings. The Labute approximate surface area is 60.1 Å². The largest absolute Gasteiger partial charge is 0.508 e. The fourth-order valence-electron chi connectivity index (χ4n) is 0.545. The number of hydrogen-bond acceptors (Lipinski definition) is 1. The highest BCUT2D eigenvalue weighted by molar-refractivity contribution is 5.24. The lowest BCUT2D eigenvalue weighted by Crippen LogP contribution is -1.66. The van der Waals surface area contributed by atoms with Crippen LogP contribution in [0.1, 0.15) is 5.56 Å². The Morgan fingerprint density at radius 2 is 1.50 bits per heavy atom. The fraction of sp³-hybridized carbons (Fsp3) is 0.250. The van der Waals surface area contributed by atoms with Gasteiger partial charge in [-0.05, 0) is 19.1 Å². The predicted molar refractivity (Wildman–Crippen MR) is 39.9 cm³/mol. The van der Waals surface area contributed by atoms with Crippen LogP contribution in [0.5, 0.6) is 5.75 Å². The number of hydrogen-bond donors (Lipinski definition) is 1. The lowest BCUT2D eigenvalue weighted by atomic mass is 10.2. The van der Waals surface area contributed by atoms with Crippen molar-refractivity contribution in [3.05, 3.63) is 29.8 Å². The molecule has 0 spiro atoms. The molecule has 1 aromatic carbocycles. The van der Waals surface area contributed by atoms with Crippen LogP contribution in [-0.2, 0) is 0 Å². The molecule has 0 aromatic heterocycles. The number of benzene rings is 1. The molecular weight excluding hydrogens is 131 g/mol. The van der Waals surface area contributed by atoms with Crippen molar-refractivity contribution >= 4 is 0 Å². The van der Waals surface area contributed by atoms with Crippen LogP contribution >= 0.6 is 0 Å². The molecule has 0 heterocycles. The van der Waals surface area contributed by atoms with Crippen LogP contribution in [-0.4, -0.2) is 12.3 Å². The number of aromatic hydroxyl groups is 1. The minimum Gasteiger partial charge on any atom is -0.508 e. The van der Waals surface area contributed by atoms with Gasteiger partial charge in [-0.1, -0.05) is 17.7 Å². The molecule has 1 rings (SSSR count). The summed E-state index contributed by atoms with van der Waals surface area (Å²) in [5.74, 6) is 0.329. The first-order valence-electron chi connectivity index (χ1n) is 2.92. The molecular formula is C8H11FO. The van der Waals surface area contributed by atoms with Gasteiger partial charge in [0.05, 0.1) is 7.18 Å². The van der Waals surface area contributed by atoms with E-state index in [2.05, 4.69) is 0 Å². The van der Waals surface area contributed by atoms with E-state index < -0.39 is 0 Å². The minimum absolute atomic E-state index is 0.329. The summed E-state index contributed by atoms with van der Waals surface area (Å²) < 4.78 is 9.50. The Hall–Kier alpha value is -1.05. The Morgan fingerprint density at radius 3 is 1.80 bits per heavy atom. The van der Waals surface area contributed by atoms with Crippen molar-refractivity contribution in [3.8, 4) is 5.75 Å². The van der Waals surface area contributed by atoms with E-state index in [1.165, 1.54) is 5.56 Å². The minimum atomic E-state index is 0.329. The quantitative estimate of drug-likeness (QED) is 0.589. The molecule has 0 bridgehead atoms. The molecule has 0 amide bonds. The average Bonchev–Trinajstić information content (AvgIpc) is 2.00. The summed E-state index contributed by atoms with van der Waals surface area (Å²) in [6.07, 6.45) is 0. The number of aryl methyl sites for hydroxylation is 1. The third-order valence-electron chi connectivity index (χ3n) is 1.03. The monoisotopic (exact) mass is 142 g/mol. The van der Waals surface area contributed by atoms with Crippen molar-refractivity contribution in [2.75, 3.05) is 7.18 Å².